The number of hydrogen-bond donors (Lipinski definition) is 2. The molecule has 0 heterocycles. The smallest absolute Gasteiger partial charge is 0.242 e. The number of carbonyl (C=O) groups is 2. The van der Waals surface area contributed by atoms with Gasteiger partial charge in [-0.3, -0.25) is 9.59 Å². The fraction of sp³-hybridized carbons (Fsp3) is 0.467. The zero-order valence-electron chi connectivity index (χ0n) is 12.0. The number of carbonyl (C=O) groups excluding carboxylic acids is 2. The van der Waals surface area contributed by atoms with Crippen LogP contribution in [0.2, 0.25) is 0 Å². The van der Waals surface area contributed by atoms with Gasteiger partial charge in [-0.25, -0.2) is 0 Å². The predicted molar refractivity (Wildman–Crippen MR) is 75.9 cm³/mol. The molecule has 1 aromatic rings. The Labute approximate surface area is 114 Å². The summed E-state index contributed by atoms with van der Waals surface area (Å²) in [6, 6.07) is 5.45. The lowest BCUT2D eigenvalue weighted by Gasteiger charge is -2.13. The van der Waals surface area contributed by atoms with Crippen molar-refractivity contribution in [3.05, 3.63) is 34.9 Å². The number of benzene rings is 1. The molecule has 0 radical (unpaired) electrons. The highest BCUT2D eigenvalue weighted by Gasteiger charge is 2.14. The van der Waals surface area contributed by atoms with Gasteiger partial charge in [-0.2, -0.15) is 0 Å². The first-order chi connectivity index (χ1) is 8.93. The van der Waals surface area contributed by atoms with Crippen molar-refractivity contribution in [2.75, 3.05) is 6.54 Å². The van der Waals surface area contributed by atoms with Gasteiger partial charge in [-0.05, 0) is 44.4 Å². The molecular weight excluding hydrogens is 240 g/mol. The van der Waals surface area contributed by atoms with Crippen molar-refractivity contribution >= 4 is 11.8 Å². The number of aryl methyl sites for hydroxylation is 2. The van der Waals surface area contributed by atoms with E-state index >= 15 is 0 Å². The highest BCUT2D eigenvalue weighted by molar-refractivity contribution is 5.88. The van der Waals surface area contributed by atoms with Crippen molar-refractivity contribution in [2.45, 2.75) is 40.2 Å². The van der Waals surface area contributed by atoms with E-state index in [1.165, 1.54) is 11.1 Å². The lowest BCUT2D eigenvalue weighted by Crippen LogP contribution is -2.45. The monoisotopic (exact) mass is 262 g/mol. The van der Waals surface area contributed by atoms with E-state index in [1.54, 1.807) is 6.92 Å². The Morgan fingerprint density at radius 3 is 2.47 bits per heavy atom. The summed E-state index contributed by atoms with van der Waals surface area (Å²) in [5.41, 5.74) is 3.34. The summed E-state index contributed by atoms with van der Waals surface area (Å²) < 4.78 is 0. The minimum absolute atomic E-state index is 0.137. The van der Waals surface area contributed by atoms with Crippen molar-refractivity contribution in [2.24, 2.45) is 0 Å². The third-order valence-electron chi connectivity index (χ3n) is 3.06. The summed E-state index contributed by atoms with van der Waals surface area (Å²) in [7, 11) is 0. The maximum Gasteiger partial charge on any atom is 0.242 e. The van der Waals surface area contributed by atoms with Gasteiger partial charge in [0.1, 0.15) is 6.04 Å². The van der Waals surface area contributed by atoms with Crippen LogP contribution in [0, 0.1) is 13.8 Å². The topological polar surface area (TPSA) is 58.2 Å². The normalized spacial score (nSPS) is 11.8. The molecule has 0 saturated carbocycles. The summed E-state index contributed by atoms with van der Waals surface area (Å²) in [6.07, 6.45) is 0.296. The molecule has 2 amide bonds. The van der Waals surface area contributed by atoms with Gasteiger partial charge in [0.05, 0.1) is 6.42 Å². The van der Waals surface area contributed by atoms with E-state index < -0.39 is 6.04 Å². The second-order valence-electron chi connectivity index (χ2n) is 4.78. The summed E-state index contributed by atoms with van der Waals surface area (Å²) in [4.78, 5) is 23.3. The number of rotatable bonds is 5. The van der Waals surface area contributed by atoms with Gasteiger partial charge in [0.25, 0.3) is 0 Å². The van der Waals surface area contributed by atoms with Crippen LogP contribution >= 0.6 is 0 Å². The third-order valence-corrected chi connectivity index (χ3v) is 3.06. The van der Waals surface area contributed by atoms with Crippen LogP contribution in [0.1, 0.15) is 30.5 Å². The average molecular weight is 262 g/mol. The zero-order valence-corrected chi connectivity index (χ0v) is 12.0. The Kier molecular flexibility index (Phi) is 5.55. The maximum absolute atomic E-state index is 11.8. The minimum Gasteiger partial charge on any atom is -0.355 e. The van der Waals surface area contributed by atoms with Gasteiger partial charge >= 0.3 is 0 Å². The van der Waals surface area contributed by atoms with Gasteiger partial charge in [-0.1, -0.05) is 18.2 Å². The highest BCUT2D eigenvalue weighted by Crippen LogP contribution is 2.10. The standard InChI is InChI=1S/C15H22N2O2/c1-5-16-15(19)12(4)17-14(18)9-13-7-6-10(2)11(3)8-13/h6-8,12H,5,9H2,1-4H3,(H,16,19)(H,17,18)/t12-/m0/s1. The van der Waals surface area contributed by atoms with Crippen LogP contribution in [0.3, 0.4) is 0 Å². The van der Waals surface area contributed by atoms with Gasteiger partial charge in [0.2, 0.25) is 11.8 Å². The number of amides is 2. The molecule has 1 aromatic carbocycles. The Bertz CT molecular complexity index is 469. The second kappa shape index (κ2) is 6.92. The van der Waals surface area contributed by atoms with Crippen LogP contribution < -0.4 is 10.6 Å². The molecule has 1 rings (SSSR count). The molecule has 0 bridgehead atoms. The Balaban J connectivity index is 2.55. The number of nitrogens with one attached hydrogen (secondary N) is 2. The highest BCUT2D eigenvalue weighted by atomic mass is 16.2. The van der Waals surface area contributed by atoms with Crippen LogP contribution in [-0.4, -0.2) is 24.4 Å². The second-order valence-corrected chi connectivity index (χ2v) is 4.78. The van der Waals surface area contributed by atoms with E-state index in [4.69, 9.17) is 0 Å². The van der Waals surface area contributed by atoms with Crippen LogP contribution in [0.25, 0.3) is 0 Å². The number of hydrogen-bond acceptors (Lipinski definition) is 2. The van der Waals surface area contributed by atoms with Crippen LogP contribution in [0.5, 0.6) is 0 Å². The quantitative estimate of drug-likeness (QED) is 0.844. The minimum atomic E-state index is -0.501. The lowest BCUT2D eigenvalue weighted by atomic mass is 10.0. The summed E-state index contributed by atoms with van der Waals surface area (Å²) in [6.45, 7) is 8.16. The SMILES string of the molecule is CCNC(=O)[C@H](C)NC(=O)Cc1ccc(C)c(C)c1. The largest absolute Gasteiger partial charge is 0.355 e. The molecule has 4 heteroatoms. The van der Waals surface area contributed by atoms with E-state index in [2.05, 4.69) is 10.6 Å². The molecule has 0 unspecified atom stereocenters. The van der Waals surface area contributed by atoms with E-state index in [9.17, 15) is 9.59 Å². The molecule has 104 valence electrons. The fourth-order valence-corrected chi connectivity index (χ4v) is 1.78. The van der Waals surface area contributed by atoms with E-state index in [0.717, 1.165) is 5.56 Å². The maximum atomic E-state index is 11.8. The molecule has 1 atom stereocenters. The van der Waals surface area contributed by atoms with E-state index in [0.29, 0.717) is 13.0 Å². The average Bonchev–Trinajstić information content (AvgIpc) is 2.34. The zero-order chi connectivity index (χ0) is 14.4. The number of likely N-dealkylation sites (N-methyl/N-ethyl adjacent to an activating group) is 1. The van der Waals surface area contributed by atoms with Gasteiger partial charge in [0, 0.05) is 6.54 Å². The first-order valence-electron chi connectivity index (χ1n) is 6.57. The van der Waals surface area contributed by atoms with Crippen molar-refractivity contribution in [3.8, 4) is 0 Å². The lowest BCUT2D eigenvalue weighted by molar-refractivity contribution is -0.128. The molecule has 0 aliphatic heterocycles. The van der Waals surface area contributed by atoms with E-state index in [1.807, 2.05) is 39.0 Å². The third kappa shape index (κ3) is 4.73. The van der Waals surface area contributed by atoms with E-state index in [-0.39, 0.29) is 11.8 Å². The van der Waals surface area contributed by atoms with Crippen molar-refractivity contribution in [3.63, 3.8) is 0 Å². The molecule has 19 heavy (non-hydrogen) atoms. The molecule has 0 aliphatic rings. The first kappa shape index (κ1) is 15.2. The van der Waals surface area contributed by atoms with Crippen molar-refractivity contribution in [1.29, 1.82) is 0 Å². The molecular formula is C15H22N2O2. The van der Waals surface area contributed by atoms with Crippen molar-refractivity contribution in [1.82, 2.24) is 10.6 Å². The molecule has 0 saturated heterocycles. The van der Waals surface area contributed by atoms with Gasteiger partial charge < -0.3 is 10.6 Å². The van der Waals surface area contributed by atoms with Gasteiger partial charge in [-0.15, -0.1) is 0 Å². The molecule has 4 nitrogen and oxygen atoms in total. The summed E-state index contributed by atoms with van der Waals surface area (Å²) >= 11 is 0. The Hall–Kier alpha value is -1.84. The fourth-order valence-electron chi connectivity index (χ4n) is 1.78. The molecule has 0 fully saturated rings. The molecule has 0 aliphatic carbocycles. The predicted octanol–water partition coefficient (Wildman–Crippen LogP) is 1.49. The first-order valence-corrected chi connectivity index (χ1v) is 6.57. The molecule has 0 spiro atoms. The summed E-state index contributed by atoms with van der Waals surface area (Å²) in [5.74, 6) is -0.294. The Morgan fingerprint density at radius 2 is 1.89 bits per heavy atom. The summed E-state index contributed by atoms with van der Waals surface area (Å²) in [5, 5.41) is 5.37. The van der Waals surface area contributed by atoms with Gasteiger partial charge in [0.15, 0.2) is 0 Å². The molecule has 0 aromatic heterocycles. The van der Waals surface area contributed by atoms with Crippen molar-refractivity contribution < 1.29 is 9.59 Å². The Morgan fingerprint density at radius 1 is 1.21 bits per heavy atom. The van der Waals surface area contributed by atoms with Crippen LogP contribution in [-0.2, 0) is 16.0 Å². The van der Waals surface area contributed by atoms with Crippen LogP contribution in [0.4, 0.5) is 0 Å². The van der Waals surface area contributed by atoms with Crippen LogP contribution in [0.15, 0.2) is 18.2 Å². The molecule has 2 N–H and O–H groups in total.